The molecule has 0 bridgehead atoms. The van der Waals surface area contributed by atoms with Crippen LogP contribution in [0.3, 0.4) is 0 Å². The molecule has 0 aliphatic rings. The molecule has 146 valence electrons. The summed E-state index contributed by atoms with van der Waals surface area (Å²) in [6, 6.07) is 11.4. The molecule has 1 N–H and O–H groups in total. The standard InChI is InChI=1S/C20H21N3O3S2/c1-12-5-6-13(2)15(9-12)11-27-20-23-22-19(28-20)21-18(24)14-7-8-16(25-3)17(10-14)26-4/h5-10H,11H2,1-4H3,(H,21,22,24). The molecule has 28 heavy (non-hydrogen) atoms. The van der Waals surface area contributed by atoms with Gasteiger partial charge in [0.25, 0.3) is 5.91 Å². The fourth-order valence-electron chi connectivity index (χ4n) is 2.56. The Labute approximate surface area is 172 Å². The van der Waals surface area contributed by atoms with Crippen molar-refractivity contribution in [2.45, 2.75) is 23.9 Å². The number of carbonyl (C=O) groups excluding carboxylic acids is 1. The Bertz CT molecular complexity index is 989. The van der Waals surface area contributed by atoms with Crippen LogP contribution in [0.4, 0.5) is 5.13 Å². The van der Waals surface area contributed by atoms with Crippen molar-refractivity contribution in [3.8, 4) is 11.5 Å². The van der Waals surface area contributed by atoms with Crippen molar-refractivity contribution in [3.05, 3.63) is 58.7 Å². The molecule has 0 fully saturated rings. The average Bonchev–Trinajstić information content (AvgIpc) is 3.15. The highest BCUT2D eigenvalue weighted by Crippen LogP contribution is 2.31. The summed E-state index contributed by atoms with van der Waals surface area (Å²) in [4.78, 5) is 12.5. The van der Waals surface area contributed by atoms with Gasteiger partial charge in [0, 0.05) is 11.3 Å². The lowest BCUT2D eigenvalue weighted by Crippen LogP contribution is -2.11. The monoisotopic (exact) mass is 415 g/mol. The third kappa shape index (κ3) is 4.82. The first-order valence-electron chi connectivity index (χ1n) is 8.56. The van der Waals surface area contributed by atoms with Crippen LogP contribution >= 0.6 is 23.1 Å². The maximum absolute atomic E-state index is 12.5. The molecular formula is C20H21N3O3S2. The number of anilines is 1. The molecule has 8 heteroatoms. The molecule has 0 aliphatic carbocycles. The molecule has 0 saturated carbocycles. The summed E-state index contributed by atoms with van der Waals surface area (Å²) in [7, 11) is 3.08. The van der Waals surface area contributed by atoms with Crippen LogP contribution in [0, 0.1) is 13.8 Å². The molecule has 0 atom stereocenters. The fourth-order valence-corrected chi connectivity index (χ4v) is 4.37. The Balaban J connectivity index is 1.64. The molecule has 0 radical (unpaired) electrons. The minimum Gasteiger partial charge on any atom is -0.493 e. The van der Waals surface area contributed by atoms with E-state index in [1.807, 2.05) is 0 Å². The number of rotatable bonds is 7. The van der Waals surface area contributed by atoms with Crippen LogP contribution in [-0.4, -0.2) is 30.3 Å². The predicted octanol–water partition coefficient (Wildman–Crippen LogP) is 4.72. The number of nitrogens with one attached hydrogen (secondary N) is 1. The Morgan fingerprint density at radius 3 is 2.61 bits per heavy atom. The van der Waals surface area contributed by atoms with Gasteiger partial charge in [-0.25, -0.2) is 0 Å². The molecule has 0 spiro atoms. The highest BCUT2D eigenvalue weighted by atomic mass is 32.2. The fraction of sp³-hybridized carbons (Fsp3) is 0.250. The topological polar surface area (TPSA) is 73.3 Å². The van der Waals surface area contributed by atoms with Gasteiger partial charge in [0.05, 0.1) is 14.2 Å². The van der Waals surface area contributed by atoms with Crippen LogP contribution in [0.2, 0.25) is 0 Å². The number of ether oxygens (including phenoxy) is 2. The van der Waals surface area contributed by atoms with Gasteiger partial charge in [0.2, 0.25) is 5.13 Å². The summed E-state index contributed by atoms with van der Waals surface area (Å²) >= 11 is 2.96. The third-order valence-corrected chi connectivity index (χ3v) is 6.15. The van der Waals surface area contributed by atoms with E-state index in [2.05, 4.69) is 47.6 Å². The van der Waals surface area contributed by atoms with Crippen molar-refractivity contribution in [1.29, 1.82) is 0 Å². The smallest absolute Gasteiger partial charge is 0.257 e. The Morgan fingerprint density at radius 1 is 1.07 bits per heavy atom. The van der Waals surface area contributed by atoms with Gasteiger partial charge < -0.3 is 9.47 Å². The predicted molar refractivity (Wildman–Crippen MR) is 113 cm³/mol. The number of thioether (sulfide) groups is 1. The van der Waals surface area contributed by atoms with Crippen molar-refractivity contribution in [2.75, 3.05) is 19.5 Å². The number of hydrogen-bond acceptors (Lipinski definition) is 7. The molecule has 6 nitrogen and oxygen atoms in total. The van der Waals surface area contributed by atoms with Crippen molar-refractivity contribution in [3.63, 3.8) is 0 Å². The average molecular weight is 416 g/mol. The van der Waals surface area contributed by atoms with E-state index in [4.69, 9.17) is 9.47 Å². The Kier molecular flexibility index (Phi) is 6.53. The van der Waals surface area contributed by atoms with Crippen molar-refractivity contribution >= 4 is 34.1 Å². The zero-order valence-corrected chi connectivity index (χ0v) is 17.7. The zero-order valence-electron chi connectivity index (χ0n) is 16.1. The van der Waals surface area contributed by atoms with Gasteiger partial charge in [-0.2, -0.15) is 0 Å². The van der Waals surface area contributed by atoms with Crippen LogP contribution < -0.4 is 14.8 Å². The molecule has 3 aromatic rings. The van der Waals surface area contributed by atoms with Crippen LogP contribution in [0.5, 0.6) is 11.5 Å². The molecule has 0 aliphatic heterocycles. The van der Waals surface area contributed by atoms with Gasteiger partial charge in [0.1, 0.15) is 0 Å². The van der Waals surface area contributed by atoms with Crippen molar-refractivity contribution in [2.24, 2.45) is 0 Å². The van der Waals surface area contributed by atoms with Gasteiger partial charge in [-0.1, -0.05) is 46.9 Å². The van der Waals surface area contributed by atoms with E-state index in [1.54, 1.807) is 37.1 Å². The summed E-state index contributed by atoms with van der Waals surface area (Å²) in [6.07, 6.45) is 0. The number of aromatic nitrogens is 2. The van der Waals surface area contributed by atoms with Gasteiger partial charge in [-0.3, -0.25) is 10.1 Å². The number of benzene rings is 2. The van der Waals surface area contributed by atoms with Crippen LogP contribution in [0.15, 0.2) is 40.7 Å². The van der Waals surface area contributed by atoms with Crippen LogP contribution in [0.25, 0.3) is 0 Å². The van der Waals surface area contributed by atoms with Gasteiger partial charge in [-0.15, -0.1) is 10.2 Å². The molecule has 3 rings (SSSR count). The maximum Gasteiger partial charge on any atom is 0.257 e. The SMILES string of the molecule is COc1ccc(C(=O)Nc2nnc(SCc3cc(C)ccc3C)s2)cc1OC. The second-order valence-electron chi connectivity index (χ2n) is 6.12. The zero-order chi connectivity index (χ0) is 20.1. The molecule has 1 heterocycles. The summed E-state index contributed by atoms with van der Waals surface area (Å²) in [5.74, 6) is 1.60. The summed E-state index contributed by atoms with van der Waals surface area (Å²) in [5, 5.41) is 11.5. The minimum atomic E-state index is -0.275. The van der Waals surface area contributed by atoms with Crippen LogP contribution in [0.1, 0.15) is 27.0 Å². The number of nitrogens with zero attached hydrogens (tertiary/aromatic N) is 2. The number of amides is 1. The lowest BCUT2D eigenvalue weighted by atomic mass is 10.1. The maximum atomic E-state index is 12.5. The number of methoxy groups -OCH3 is 2. The summed E-state index contributed by atoms with van der Waals surface area (Å²) < 4.78 is 11.2. The second-order valence-corrected chi connectivity index (χ2v) is 8.32. The molecular weight excluding hydrogens is 394 g/mol. The van der Waals surface area contributed by atoms with E-state index >= 15 is 0 Å². The molecule has 1 amide bonds. The largest absolute Gasteiger partial charge is 0.493 e. The normalized spacial score (nSPS) is 10.6. The molecule has 0 saturated heterocycles. The first-order chi connectivity index (χ1) is 13.5. The van der Waals surface area contributed by atoms with Crippen LogP contribution in [-0.2, 0) is 5.75 Å². The highest BCUT2D eigenvalue weighted by Gasteiger charge is 2.14. The Morgan fingerprint density at radius 2 is 1.86 bits per heavy atom. The Hall–Kier alpha value is -2.58. The van der Waals surface area contributed by atoms with E-state index in [0.717, 1.165) is 10.1 Å². The summed E-state index contributed by atoms with van der Waals surface area (Å²) in [6.45, 7) is 4.19. The van der Waals surface area contributed by atoms with Gasteiger partial charge in [-0.05, 0) is 43.2 Å². The number of aryl methyl sites for hydroxylation is 2. The number of carbonyl (C=O) groups is 1. The first kappa shape index (κ1) is 20.2. The minimum absolute atomic E-state index is 0.275. The third-order valence-electron chi connectivity index (χ3n) is 4.13. The molecule has 0 unspecified atom stereocenters. The van der Waals surface area contributed by atoms with Crippen molar-refractivity contribution < 1.29 is 14.3 Å². The van der Waals surface area contributed by atoms with E-state index in [9.17, 15) is 4.79 Å². The lowest BCUT2D eigenvalue weighted by Gasteiger charge is -2.08. The van der Waals surface area contributed by atoms with E-state index < -0.39 is 0 Å². The van der Waals surface area contributed by atoms with E-state index in [-0.39, 0.29) is 5.91 Å². The van der Waals surface area contributed by atoms with Gasteiger partial charge >= 0.3 is 0 Å². The number of hydrogen-bond donors (Lipinski definition) is 1. The van der Waals surface area contributed by atoms with Crippen molar-refractivity contribution in [1.82, 2.24) is 10.2 Å². The molecule has 2 aromatic carbocycles. The second kappa shape index (κ2) is 9.07. The highest BCUT2D eigenvalue weighted by molar-refractivity contribution is 8.00. The van der Waals surface area contributed by atoms with E-state index in [0.29, 0.717) is 22.2 Å². The first-order valence-corrected chi connectivity index (χ1v) is 10.4. The van der Waals surface area contributed by atoms with E-state index in [1.165, 1.54) is 35.1 Å². The quantitative estimate of drug-likeness (QED) is 0.445. The summed E-state index contributed by atoms with van der Waals surface area (Å²) in [5.41, 5.74) is 4.22. The lowest BCUT2D eigenvalue weighted by molar-refractivity contribution is 0.102. The van der Waals surface area contributed by atoms with Gasteiger partial charge in [0.15, 0.2) is 15.8 Å². The molecule has 1 aromatic heterocycles.